The smallest absolute Gasteiger partial charge is 0.233 e. The van der Waals surface area contributed by atoms with Crippen LogP contribution in [0.25, 0.3) is 22.4 Å². The van der Waals surface area contributed by atoms with Crippen LogP contribution in [0.2, 0.25) is 0 Å². The number of ether oxygens (including phenoxy) is 2. The molecule has 29 heavy (non-hydrogen) atoms. The monoisotopic (exact) mass is 396 g/mol. The van der Waals surface area contributed by atoms with Gasteiger partial charge in [0, 0.05) is 23.3 Å². The van der Waals surface area contributed by atoms with Crippen LogP contribution in [0.4, 0.5) is 4.39 Å². The molecule has 3 aromatic rings. The molecule has 0 radical (unpaired) electrons. The van der Waals surface area contributed by atoms with Gasteiger partial charge in [0.2, 0.25) is 11.8 Å². The summed E-state index contributed by atoms with van der Waals surface area (Å²) in [5.41, 5.74) is 2.55. The van der Waals surface area contributed by atoms with E-state index in [9.17, 15) is 9.50 Å². The van der Waals surface area contributed by atoms with Crippen molar-refractivity contribution in [1.29, 1.82) is 0 Å². The predicted molar refractivity (Wildman–Crippen MR) is 104 cm³/mol. The van der Waals surface area contributed by atoms with Crippen molar-refractivity contribution < 1.29 is 19.0 Å². The van der Waals surface area contributed by atoms with Gasteiger partial charge < -0.3 is 14.6 Å². The van der Waals surface area contributed by atoms with Gasteiger partial charge in [0.05, 0.1) is 19.0 Å². The highest BCUT2D eigenvalue weighted by molar-refractivity contribution is 5.74. The predicted octanol–water partition coefficient (Wildman–Crippen LogP) is 3.97. The van der Waals surface area contributed by atoms with Crippen molar-refractivity contribution in [2.45, 2.75) is 38.0 Å². The van der Waals surface area contributed by atoms with Crippen LogP contribution in [0.5, 0.6) is 17.5 Å². The molecule has 0 bridgehead atoms. The van der Waals surface area contributed by atoms with Gasteiger partial charge in [0.1, 0.15) is 18.0 Å². The van der Waals surface area contributed by atoms with Crippen molar-refractivity contribution in [3.8, 4) is 39.9 Å². The maximum atomic E-state index is 13.9. The number of hydrogen-bond donors (Lipinski definition) is 1. The van der Waals surface area contributed by atoms with Gasteiger partial charge >= 0.3 is 0 Å². The van der Waals surface area contributed by atoms with E-state index in [4.69, 9.17) is 9.47 Å². The molecule has 1 aliphatic rings. The quantitative estimate of drug-likeness (QED) is 0.698. The molecular formula is C21H21FN4O3. The second-order valence-electron chi connectivity index (χ2n) is 6.93. The van der Waals surface area contributed by atoms with Gasteiger partial charge in [-0.05, 0) is 43.0 Å². The summed E-state index contributed by atoms with van der Waals surface area (Å²) in [4.78, 5) is 0. The highest BCUT2D eigenvalue weighted by Crippen LogP contribution is 2.33. The number of halogens is 1. The van der Waals surface area contributed by atoms with Crippen LogP contribution in [0.15, 0.2) is 42.6 Å². The first kappa shape index (κ1) is 19.0. The summed E-state index contributed by atoms with van der Waals surface area (Å²) in [6.07, 6.45) is 3.20. The first-order chi connectivity index (χ1) is 14.1. The lowest BCUT2D eigenvalue weighted by Crippen LogP contribution is -2.32. The van der Waals surface area contributed by atoms with Crippen LogP contribution >= 0.6 is 0 Å². The van der Waals surface area contributed by atoms with E-state index >= 15 is 0 Å². The number of phenolic OH excluding ortho intramolecular Hbond substituents is 1. The Balaban J connectivity index is 1.52. The normalized spacial score (nSPS) is 19.0. The zero-order valence-corrected chi connectivity index (χ0v) is 16.0. The van der Waals surface area contributed by atoms with Crippen molar-refractivity contribution in [1.82, 2.24) is 20.4 Å². The van der Waals surface area contributed by atoms with Crippen LogP contribution in [-0.4, -0.2) is 44.9 Å². The summed E-state index contributed by atoms with van der Waals surface area (Å²) in [7, 11) is 1.52. The minimum atomic E-state index is -0.969. The highest BCUT2D eigenvalue weighted by Gasteiger charge is 2.26. The van der Waals surface area contributed by atoms with E-state index in [2.05, 4.69) is 20.4 Å². The summed E-state index contributed by atoms with van der Waals surface area (Å²) in [6.45, 7) is 0. The summed E-state index contributed by atoms with van der Waals surface area (Å²) in [5.74, 6) is 0.729. The van der Waals surface area contributed by atoms with Crippen LogP contribution in [0.3, 0.4) is 0 Å². The second-order valence-corrected chi connectivity index (χ2v) is 6.93. The molecular weight excluding hydrogens is 375 g/mol. The first-order valence-electron chi connectivity index (χ1n) is 9.49. The Morgan fingerprint density at radius 1 is 0.966 bits per heavy atom. The second kappa shape index (κ2) is 8.38. The minimum Gasteiger partial charge on any atom is -0.507 e. The van der Waals surface area contributed by atoms with Crippen LogP contribution in [0.1, 0.15) is 25.7 Å². The van der Waals surface area contributed by atoms with Crippen molar-refractivity contribution in [3.05, 3.63) is 42.6 Å². The largest absolute Gasteiger partial charge is 0.507 e. The number of hydrogen-bond acceptors (Lipinski definition) is 7. The van der Waals surface area contributed by atoms with Gasteiger partial charge in [0.25, 0.3) is 0 Å². The molecule has 4 rings (SSSR count). The van der Waals surface area contributed by atoms with E-state index in [-0.39, 0.29) is 11.6 Å². The van der Waals surface area contributed by atoms with E-state index < -0.39 is 12.3 Å². The molecule has 150 valence electrons. The Morgan fingerprint density at radius 2 is 1.83 bits per heavy atom. The van der Waals surface area contributed by atoms with E-state index in [0.29, 0.717) is 30.0 Å². The number of methoxy groups -OCH3 is 1. The fourth-order valence-corrected chi connectivity index (χ4v) is 3.40. The first-order valence-corrected chi connectivity index (χ1v) is 9.49. The Kier molecular flexibility index (Phi) is 5.50. The molecule has 2 atom stereocenters. The van der Waals surface area contributed by atoms with Gasteiger partial charge in [-0.15, -0.1) is 15.3 Å². The summed E-state index contributed by atoms with van der Waals surface area (Å²) >= 11 is 0. The molecule has 1 aromatic carbocycles. The Bertz CT molecular complexity index is 984. The Labute approximate surface area is 167 Å². The third kappa shape index (κ3) is 4.26. The molecule has 0 saturated heterocycles. The van der Waals surface area contributed by atoms with Crippen molar-refractivity contribution in [3.63, 3.8) is 0 Å². The zero-order valence-electron chi connectivity index (χ0n) is 16.0. The number of aromatic hydroxyl groups is 1. The molecule has 2 heterocycles. The van der Waals surface area contributed by atoms with Crippen molar-refractivity contribution in [2.24, 2.45) is 0 Å². The summed E-state index contributed by atoms with van der Waals surface area (Å²) in [5, 5.41) is 26.4. The fourth-order valence-electron chi connectivity index (χ4n) is 3.40. The minimum absolute atomic E-state index is 0.0531. The third-order valence-corrected chi connectivity index (χ3v) is 4.98. The number of rotatable bonds is 5. The fraction of sp³-hybridized carbons (Fsp3) is 0.333. The molecule has 7 nitrogen and oxygen atoms in total. The Hall–Kier alpha value is -3.29. The van der Waals surface area contributed by atoms with Gasteiger partial charge in [0.15, 0.2) is 0 Å². The molecule has 0 spiro atoms. The lowest BCUT2D eigenvalue weighted by atomic mass is 9.96. The van der Waals surface area contributed by atoms with Crippen molar-refractivity contribution >= 4 is 0 Å². The molecule has 1 fully saturated rings. The lowest BCUT2D eigenvalue weighted by Gasteiger charge is -2.25. The standard InChI is InChI=1S/C21H21FN4O3/c1-28-21-11-14(12-23-25-21)13-6-7-15(18(27)10-13)17-8-9-20(26-24-17)29-19-5-3-2-4-16(19)22/h6-12,16,19,27H,2-5H2,1H3/t16-,19+/m0/s1. The maximum absolute atomic E-state index is 13.9. The maximum Gasteiger partial charge on any atom is 0.233 e. The van der Waals surface area contributed by atoms with Gasteiger partial charge in [-0.3, -0.25) is 0 Å². The zero-order chi connectivity index (χ0) is 20.2. The number of alkyl halides is 1. The average Bonchev–Trinajstić information content (AvgIpc) is 2.76. The molecule has 0 amide bonds. The van der Waals surface area contributed by atoms with Crippen LogP contribution in [-0.2, 0) is 0 Å². The number of benzene rings is 1. The SMILES string of the molecule is COc1cc(-c2ccc(-c3ccc(O[C@@H]4CCCC[C@@H]4F)nn3)c(O)c2)cnn1. The molecule has 8 heteroatoms. The number of phenols is 1. The molecule has 1 aliphatic carbocycles. The van der Waals surface area contributed by atoms with Gasteiger partial charge in [-0.25, -0.2) is 4.39 Å². The van der Waals surface area contributed by atoms with Crippen LogP contribution in [0, 0.1) is 0 Å². The molecule has 1 saturated carbocycles. The topological polar surface area (TPSA) is 90.2 Å². The van der Waals surface area contributed by atoms with E-state index in [1.807, 2.05) is 6.07 Å². The summed E-state index contributed by atoms with van der Waals surface area (Å²) in [6, 6.07) is 10.3. The highest BCUT2D eigenvalue weighted by atomic mass is 19.1. The van der Waals surface area contributed by atoms with Crippen LogP contribution < -0.4 is 9.47 Å². The molecule has 0 unspecified atom stereocenters. The number of nitrogens with zero attached hydrogens (tertiary/aromatic N) is 4. The molecule has 1 N–H and O–H groups in total. The molecule has 0 aliphatic heterocycles. The van der Waals surface area contributed by atoms with Crippen molar-refractivity contribution in [2.75, 3.05) is 7.11 Å². The van der Waals surface area contributed by atoms with Gasteiger partial charge in [-0.2, -0.15) is 5.10 Å². The average molecular weight is 396 g/mol. The van der Waals surface area contributed by atoms with E-state index in [1.165, 1.54) is 7.11 Å². The number of aromatic nitrogens is 4. The van der Waals surface area contributed by atoms with Gasteiger partial charge in [-0.1, -0.05) is 12.5 Å². The summed E-state index contributed by atoms with van der Waals surface area (Å²) < 4.78 is 24.7. The van der Waals surface area contributed by atoms with E-state index in [0.717, 1.165) is 24.0 Å². The lowest BCUT2D eigenvalue weighted by molar-refractivity contribution is 0.0594. The molecule has 2 aromatic heterocycles. The van der Waals surface area contributed by atoms with E-state index in [1.54, 1.807) is 36.5 Å². The Morgan fingerprint density at radius 3 is 2.55 bits per heavy atom. The third-order valence-electron chi connectivity index (χ3n) is 4.98.